The maximum absolute atomic E-state index is 12.5. The molecule has 4 rings (SSSR count). The van der Waals surface area contributed by atoms with Gasteiger partial charge in [0.2, 0.25) is 0 Å². The molecule has 7 heteroatoms. The number of nitrogens with zero attached hydrogens (tertiary/aromatic N) is 3. The SMILES string of the molecule is CC(C)n1ncc2cc(NC(=O)[C@@H]3Cc4ccccc4C(=O)O3)cnc21. The van der Waals surface area contributed by atoms with Gasteiger partial charge in [-0.3, -0.25) is 4.79 Å². The number of pyridine rings is 1. The van der Waals surface area contributed by atoms with Crippen molar-refractivity contribution in [3.05, 3.63) is 53.9 Å². The van der Waals surface area contributed by atoms with Crippen LogP contribution in [-0.2, 0) is 16.0 Å². The number of carbonyl (C=O) groups is 2. The first-order chi connectivity index (χ1) is 12.5. The number of amides is 1. The zero-order chi connectivity index (χ0) is 18.3. The van der Waals surface area contributed by atoms with Gasteiger partial charge in [0.05, 0.1) is 23.6 Å². The van der Waals surface area contributed by atoms with Crippen LogP contribution in [-0.4, -0.2) is 32.7 Å². The van der Waals surface area contributed by atoms with E-state index in [0.717, 1.165) is 16.6 Å². The van der Waals surface area contributed by atoms with E-state index in [1.807, 2.05) is 36.7 Å². The van der Waals surface area contributed by atoms with E-state index in [9.17, 15) is 9.59 Å². The van der Waals surface area contributed by atoms with E-state index < -0.39 is 12.1 Å². The fourth-order valence-corrected chi connectivity index (χ4v) is 3.09. The first-order valence-corrected chi connectivity index (χ1v) is 8.46. The van der Waals surface area contributed by atoms with Crippen LogP contribution < -0.4 is 5.32 Å². The van der Waals surface area contributed by atoms with Gasteiger partial charge in [0, 0.05) is 17.8 Å². The Morgan fingerprint density at radius 3 is 2.92 bits per heavy atom. The number of carbonyl (C=O) groups excluding carboxylic acids is 2. The summed E-state index contributed by atoms with van der Waals surface area (Å²) in [5, 5.41) is 7.93. The van der Waals surface area contributed by atoms with E-state index in [4.69, 9.17) is 4.74 Å². The summed E-state index contributed by atoms with van der Waals surface area (Å²) in [6.45, 7) is 4.05. The molecular formula is C19H18N4O3. The quantitative estimate of drug-likeness (QED) is 0.734. The molecule has 0 spiro atoms. The Balaban J connectivity index is 1.53. The van der Waals surface area contributed by atoms with Gasteiger partial charge in [-0.25, -0.2) is 14.5 Å². The molecule has 0 aliphatic carbocycles. The zero-order valence-electron chi connectivity index (χ0n) is 14.5. The molecule has 0 radical (unpaired) electrons. The molecule has 26 heavy (non-hydrogen) atoms. The normalized spacial score (nSPS) is 16.4. The Morgan fingerprint density at radius 1 is 1.31 bits per heavy atom. The Kier molecular flexibility index (Phi) is 3.91. The van der Waals surface area contributed by atoms with Crippen LogP contribution in [0.3, 0.4) is 0 Å². The number of ether oxygens (including phenoxy) is 1. The van der Waals surface area contributed by atoms with Crippen LogP contribution in [0.15, 0.2) is 42.7 Å². The van der Waals surface area contributed by atoms with Crippen molar-refractivity contribution in [1.29, 1.82) is 0 Å². The molecule has 0 unspecified atom stereocenters. The third-order valence-electron chi connectivity index (χ3n) is 4.37. The van der Waals surface area contributed by atoms with Crippen molar-refractivity contribution in [2.24, 2.45) is 0 Å². The maximum atomic E-state index is 12.5. The minimum Gasteiger partial charge on any atom is -0.448 e. The van der Waals surface area contributed by atoms with E-state index in [0.29, 0.717) is 17.7 Å². The molecule has 132 valence electrons. The number of hydrogen-bond acceptors (Lipinski definition) is 5. The second-order valence-corrected chi connectivity index (χ2v) is 6.56. The summed E-state index contributed by atoms with van der Waals surface area (Å²) in [6.07, 6.45) is 2.80. The molecule has 1 amide bonds. The van der Waals surface area contributed by atoms with Gasteiger partial charge in [-0.1, -0.05) is 18.2 Å². The average Bonchev–Trinajstić information content (AvgIpc) is 3.05. The summed E-state index contributed by atoms with van der Waals surface area (Å²) in [5.41, 5.74) is 2.63. The van der Waals surface area contributed by atoms with Crippen molar-refractivity contribution in [1.82, 2.24) is 14.8 Å². The smallest absolute Gasteiger partial charge is 0.339 e. The molecule has 0 saturated heterocycles. The molecule has 1 atom stereocenters. The van der Waals surface area contributed by atoms with Crippen molar-refractivity contribution < 1.29 is 14.3 Å². The lowest BCUT2D eigenvalue weighted by Gasteiger charge is -2.23. The predicted molar refractivity (Wildman–Crippen MR) is 95.9 cm³/mol. The van der Waals surface area contributed by atoms with Gasteiger partial charge in [-0.15, -0.1) is 0 Å². The summed E-state index contributed by atoms with van der Waals surface area (Å²) in [7, 11) is 0. The number of hydrogen-bond donors (Lipinski definition) is 1. The second-order valence-electron chi connectivity index (χ2n) is 6.56. The van der Waals surface area contributed by atoms with Crippen molar-refractivity contribution >= 4 is 28.6 Å². The second kappa shape index (κ2) is 6.25. The molecule has 1 aromatic carbocycles. The van der Waals surface area contributed by atoms with Crippen molar-refractivity contribution in [3.63, 3.8) is 0 Å². The molecule has 0 bridgehead atoms. The van der Waals surface area contributed by atoms with Gasteiger partial charge in [0.1, 0.15) is 0 Å². The molecule has 3 heterocycles. The number of benzene rings is 1. The number of fused-ring (bicyclic) bond motifs is 2. The molecular weight excluding hydrogens is 332 g/mol. The highest BCUT2D eigenvalue weighted by atomic mass is 16.5. The van der Waals surface area contributed by atoms with Crippen LogP contribution in [0.4, 0.5) is 5.69 Å². The average molecular weight is 350 g/mol. The number of nitrogens with one attached hydrogen (secondary N) is 1. The summed E-state index contributed by atoms with van der Waals surface area (Å²) < 4.78 is 7.10. The molecule has 7 nitrogen and oxygen atoms in total. The van der Waals surface area contributed by atoms with E-state index in [2.05, 4.69) is 15.4 Å². The number of esters is 1. The van der Waals surface area contributed by atoms with E-state index in [1.54, 1.807) is 24.5 Å². The molecule has 2 aromatic heterocycles. The van der Waals surface area contributed by atoms with E-state index >= 15 is 0 Å². The van der Waals surface area contributed by atoms with Crippen LogP contribution >= 0.6 is 0 Å². The molecule has 1 aliphatic heterocycles. The molecule has 0 saturated carbocycles. The van der Waals surface area contributed by atoms with Crippen molar-refractivity contribution in [2.75, 3.05) is 5.32 Å². The van der Waals surface area contributed by atoms with Gasteiger partial charge in [0.25, 0.3) is 5.91 Å². The van der Waals surface area contributed by atoms with Crippen LogP contribution in [0.2, 0.25) is 0 Å². The standard InChI is InChI=1S/C19H18N4O3/c1-11(2)23-17-13(9-21-23)7-14(10-20-17)22-18(24)16-8-12-5-3-4-6-15(12)19(25)26-16/h3-7,9-11,16H,8H2,1-2H3,(H,22,24)/t16-/m0/s1. The van der Waals surface area contributed by atoms with Crippen LogP contribution in [0.5, 0.6) is 0 Å². The van der Waals surface area contributed by atoms with Crippen molar-refractivity contribution in [3.8, 4) is 0 Å². The minimum atomic E-state index is -0.855. The van der Waals surface area contributed by atoms with Crippen LogP contribution in [0.1, 0.15) is 35.8 Å². The maximum Gasteiger partial charge on any atom is 0.339 e. The van der Waals surface area contributed by atoms with Gasteiger partial charge in [-0.2, -0.15) is 5.10 Å². The topological polar surface area (TPSA) is 86.1 Å². The molecule has 1 N–H and O–H groups in total. The monoisotopic (exact) mass is 350 g/mol. The first-order valence-electron chi connectivity index (χ1n) is 8.46. The van der Waals surface area contributed by atoms with Gasteiger partial charge in [0.15, 0.2) is 11.8 Å². The fraction of sp³-hybridized carbons (Fsp3) is 0.263. The van der Waals surface area contributed by atoms with Crippen molar-refractivity contribution in [2.45, 2.75) is 32.4 Å². The fourth-order valence-electron chi connectivity index (χ4n) is 3.09. The zero-order valence-corrected chi connectivity index (χ0v) is 14.5. The molecule has 1 aliphatic rings. The highest BCUT2D eigenvalue weighted by Gasteiger charge is 2.31. The van der Waals surface area contributed by atoms with Gasteiger partial charge < -0.3 is 10.1 Å². The molecule has 3 aromatic rings. The number of aromatic nitrogens is 3. The Bertz CT molecular complexity index is 1010. The van der Waals surface area contributed by atoms with E-state index in [1.165, 1.54) is 0 Å². The third kappa shape index (κ3) is 2.81. The van der Waals surface area contributed by atoms with Gasteiger partial charge >= 0.3 is 5.97 Å². The lowest BCUT2D eigenvalue weighted by Crippen LogP contribution is -2.37. The number of cyclic esters (lactones) is 1. The van der Waals surface area contributed by atoms with E-state index in [-0.39, 0.29) is 11.9 Å². The lowest BCUT2D eigenvalue weighted by molar-refractivity contribution is -0.125. The summed E-state index contributed by atoms with van der Waals surface area (Å²) in [4.78, 5) is 29.0. The number of rotatable bonds is 3. The largest absolute Gasteiger partial charge is 0.448 e. The molecule has 0 fully saturated rings. The summed E-state index contributed by atoms with van der Waals surface area (Å²) >= 11 is 0. The van der Waals surface area contributed by atoms with Crippen LogP contribution in [0, 0.1) is 0 Å². The Hall–Kier alpha value is -3.22. The summed E-state index contributed by atoms with van der Waals surface area (Å²) in [6, 6.07) is 9.17. The highest BCUT2D eigenvalue weighted by molar-refractivity contribution is 6.00. The lowest BCUT2D eigenvalue weighted by atomic mass is 9.98. The Labute approximate surface area is 150 Å². The first kappa shape index (κ1) is 16.3. The highest BCUT2D eigenvalue weighted by Crippen LogP contribution is 2.23. The summed E-state index contributed by atoms with van der Waals surface area (Å²) in [5.74, 6) is -0.843. The van der Waals surface area contributed by atoms with Gasteiger partial charge in [-0.05, 0) is 31.5 Å². The predicted octanol–water partition coefficient (Wildman–Crippen LogP) is 2.73. The number of anilines is 1. The third-order valence-corrected chi connectivity index (χ3v) is 4.37. The van der Waals surface area contributed by atoms with Crippen LogP contribution in [0.25, 0.3) is 11.0 Å². The Morgan fingerprint density at radius 2 is 2.12 bits per heavy atom. The minimum absolute atomic E-state index is 0.196.